The fourth-order valence-electron chi connectivity index (χ4n) is 1.80. The van der Waals surface area contributed by atoms with E-state index in [9.17, 15) is 8.42 Å². The number of hydrogen-bond acceptors (Lipinski definition) is 4. The van der Waals surface area contributed by atoms with Crippen LogP contribution in [-0.4, -0.2) is 56.5 Å². The first-order chi connectivity index (χ1) is 7.29. The molecule has 1 aliphatic rings. The summed E-state index contributed by atoms with van der Waals surface area (Å²) < 4.78 is 22.8. The lowest BCUT2D eigenvalue weighted by Gasteiger charge is -2.24. The van der Waals surface area contributed by atoms with Gasteiger partial charge in [-0.25, -0.2) is 8.42 Å². The predicted molar refractivity (Wildman–Crippen MR) is 67.5 cm³/mol. The highest BCUT2D eigenvalue weighted by Crippen LogP contribution is 2.04. The predicted octanol–water partition coefficient (Wildman–Crippen LogP) is 0.495. The van der Waals surface area contributed by atoms with Crippen molar-refractivity contribution in [3.05, 3.63) is 0 Å². The Morgan fingerprint density at radius 3 is 2.50 bits per heavy atom. The molecule has 0 aromatic carbocycles. The third kappa shape index (κ3) is 5.82. The van der Waals surface area contributed by atoms with Gasteiger partial charge >= 0.3 is 0 Å². The van der Waals surface area contributed by atoms with Gasteiger partial charge in [0.05, 0.1) is 11.5 Å². The summed E-state index contributed by atoms with van der Waals surface area (Å²) in [7, 11) is -2.77. The van der Waals surface area contributed by atoms with Crippen LogP contribution in [0.5, 0.6) is 0 Å². The van der Waals surface area contributed by atoms with Crippen molar-refractivity contribution < 1.29 is 8.42 Å². The van der Waals surface area contributed by atoms with Crippen LogP contribution in [-0.2, 0) is 9.84 Å². The largest absolute Gasteiger partial charge is 0.311 e. The summed E-state index contributed by atoms with van der Waals surface area (Å²) in [5.74, 6) is 0.679. The molecule has 1 fully saturated rings. The van der Waals surface area contributed by atoms with E-state index in [1.165, 1.54) is 0 Å². The maximum atomic E-state index is 11.4. The first kappa shape index (κ1) is 13.9. The number of hydrogen-bond donors (Lipinski definition) is 1. The fourth-order valence-corrected chi connectivity index (χ4v) is 3.11. The Balaban J connectivity index is 2.28. The van der Waals surface area contributed by atoms with Crippen LogP contribution in [0.2, 0.25) is 0 Å². The molecule has 0 atom stereocenters. The van der Waals surface area contributed by atoms with E-state index >= 15 is 0 Å². The van der Waals surface area contributed by atoms with Crippen molar-refractivity contribution in [2.45, 2.75) is 32.7 Å². The molecule has 0 unspecified atom stereocenters. The smallest absolute Gasteiger partial charge is 0.151 e. The monoisotopic (exact) mass is 248 g/mol. The van der Waals surface area contributed by atoms with Crippen molar-refractivity contribution in [2.24, 2.45) is 0 Å². The van der Waals surface area contributed by atoms with E-state index in [1.54, 1.807) is 0 Å². The number of sulfone groups is 1. The zero-order valence-corrected chi connectivity index (χ0v) is 11.4. The van der Waals surface area contributed by atoms with Crippen LogP contribution in [0.4, 0.5) is 0 Å². The van der Waals surface area contributed by atoms with Gasteiger partial charge < -0.3 is 10.2 Å². The third-order valence-corrected chi connectivity index (χ3v) is 4.45. The molecule has 0 aromatic rings. The van der Waals surface area contributed by atoms with E-state index in [0.717, 1.165) is 26.1 Å². The van der Waals surface area contributed by atoms with Gasteiger partial charge in [0.25, 0.3) is 0 Å². The van der Waals surface area contributed by atoms with Crippen molar-refractivity contribution in [1.29, 1.82) is 0 Å². The lowest BCUT2D eigenvalue weighted by atomic mass is 10.1. The van der Waals surface area contributed by atoms with Crippen molar-refractivity contribution in [3.8, 4) is 0 Å². The summed E-state index contributed by atoms with van der Waals surface area (Å²) in [6, 6.07) is 0. The normalized spacial score (nSPS) is 22.9. The Hall–Kier alpha value is -0.130. The molecule has 1 N–H and O–H groups in total. The topological polar surface area (TPSA) is 49.4 Å². The van der Waals surface area contributed by atoms with Gasteiger partial charge in [0.15, 0.2) is 9.84 Å². The second-order valence-corrected chi connectivity index (χ2v) is 7.83. The van der Waals surface area contributed by atoms with Gasteiger partial charge in [0, 0.05) is 25.2 Å². The zero-order valence-electron chi connectivity index (χ0n) is 10.6. The van der Waals surface area contributed by atoms with Crippen LogP contribution in [0, 0.1) is 0 Å². The summed E-state index contributed by atoms with van der Waals surface area (Å²) >= 11 is 0. The highest BCUT2D eigenvalue weighted by molar-refractivity contribution is 7.91. The van der Waals surface area contributed by atoms with Gasteiger partial charge in [-0.05, 0) is 33.7 Å². The van der Waals surface area contributed by atoms with E-state index in [0.29, 0.717) is 18.1 Å². The standard InChI is InChI=1S/C11H24N2O2S/c1-11(2,3)12-5-7-13-6-4-9-16(14,15)10-8-13/h12H,4-10H2,1-3H3. The molecule has 1 aliphatic heterocycles. The van der Waals surface area contributed by atoms with E-state index in [2.05, 4.69) is 31.0 Å². The molecule has 0 spiro atoms. The van der Waals surface area contributed by atoms with Gasteiger partial charge in [-0.15, -0.1) is 0 Å². The minimum atomic E-state index is -2.77. The lowest BCUT2D eigenvalue weighted by molar-refractivity contribution is 0.279. The molecule has 16 heavy (non-hydrogen) atoms. The maximum absolute atomic E-state index is 11.4. The average molecular weight is 248 g/mol. The van der Waals surface area contributed by atoms with Crippen LogP contribution in [0.15, 0.2) is 0 Å². The molecule has 1 heterocycles. The second kappa shape index (κ2) is 5.47. The van der Waals surface area contributed by atoms with E-state index in [-0.39, 0.29) is 5.54 Å². The summed E-state index contributed by atoms with van der Waals surface area (Å²) in [6.07, 6.45) is 0.776. The van der Waals surface area contributed by atoms with Crippen LogP contribution >= 0.6 is 0 Å². The summed E-state index contributed by atoms with van der Waals surface area (Å²) in [5, 5.41) is 3.42. The molecular formula is C11H24N2O2S. The molecule has 0 saturated carbocycles. The van der Waals surface area contributed by atoms with Gasteiger partial charge in [0.2, 0.25) is 0 Å². The second-order valence-electron chi connectivity index (χ2n) is 5.52. The van der Waals surface area contributed by atoms with Gasteiger partial charge in [-0.1, -0.05) is 0 Å². The highest BCUT2D eigenvalue weighted by atomic mass is 32.2. The van der Waals surface area contributed by atoms with Gasteiger partial charge in [0.1, 0.15) is 0 Å². The van der Waals surface area contributed by atoms with Gasteiger partial charge in [-0.3, -0.25) is 0 Å². The van der Waals surface area contributed by atoms with Crippen molar-refractivity contribution in [2.75, 3.05) is 37.7 Å². The SMILES string of the molecule is CC(C)(C)NCCN1CCCS(=O)(=O)CC1. The number of rotatable bonds is 3. The molecule has 96 valence electrons. The van der Waals surface area contributed by atoms with Crippen LogP contribution < -0.4 is 5.32 Å². The Labute approximate surface area is 99.3 Å². The minimum absolute atomic E-state index is 0.137. The summed E-state index contributed by atoms with van der Waals surface area (Å²) in [6.45, 7) is 9.87. The molecular weight excluding hydrogens is 224 g/mol. The van der Waals surface area contributed by atoms with Crippen molar-refractivity contribution >= 4 is 9.84 Å². The molecule has 0 bridgehead atoms. The van der Waals surface area contributed by atoms with Crippen LogP contribution in [0.1, 0.15) is 27.2 Å². The zero-order chi connectivity index (χ0) is 12.2. The maximum Gasteiger partial charge on any atom is 0.151 e. The van der Waals surface area contributed by atoms with Crippen molar-refractivity contribution in [1.82, 2.24) is 10.2 Å². The molecule has 0 aromatic heterocycles. The minimum Gasteiger partial charge on any atom is -0.311 e. The molecule has 5 heteroatoms. The van der Waals surface area contributed by atoms with Gasteiger partial charge in [-0.2, -0.15) is 0 Å². The Morgan fingerprint density at radius 1 is 1.19 bits per heavy atom. The first-order valence-corrected chi connectivity index (χ1v) is 7.78. The summed E-state index contributed by atoms with van der Waals surface area (Å²) in [5.41, 5.74) is 0.137. The highest BCUT2D eigenvalue weighted by Gasteiger charge is 2.19. The van der Waals surface area contributed by atoms with Crippen LogP contribution in [0.3, 0.4) is 0 Å². The third-order valence-electron chi connectivity index (χ3n) is 2.73. The first-order valence-electron chi connectivity index (χ1n) is 5.96. The average Bonchev–Trinajstić information content (AvgIpc) is 2.26. The van der Waals surface area contributed by atoms with Crippen molar-refractivity contribution in [3.63, 3.8) is 0 Å². The van der Waals surface area contributed by atoms with E-state index in [4.69, 9.17) is 0 Å². The Kier molecular flexibility index (Phi) is 4.76. The fraction of sp³-hybridized carbons (Fsp3) is 1.00. The molecule has 1 rings (SSSR count). The molecule has 1 saturated heterocycles. The number of nitrogens with one attached hydrogen (secondary N) is 1. The van der Waals surface area contributed by atoms with Crippen LogP contribution in [0.25, 0.3) is 0 Å². The lowest BCUT2D eigenvalue weighted by Crippen LogP contribution is -2.42. The molecule has 4 nitrogen and oxygen atoms in total. The molecule has 0 aliphatic carbocycles. The number of nitrogens with zero attached hydrogens (tertiary/aromatic N) is 1. The Bertz CT molecular complexity index is 306. The Morgan fingerprint density at radius 2 is 1.88 bits per heavy atom. The van der Waals surface area contributed by atoms with E-state index in [1.807, 2.05) is 0 Å². The molecule has 0 amide bonds. The van der Waals surface area contributed by atoms with E-state index < -0.39 is 9.84 Å². The molecule has 0 radical (unpaired) electrons. The quantitative estimate of drug-likeness (QED) is 0.790. The summed E-state index contributed by atoms with van der Waals surface area (Å²) in [4.78, 5) is 2.24.